The van der Waals surface area contributed by atoms with Gasteiger partial charge in [0.2, 0.25) is 0 Å². The van der Waals surface area contributed by atoms with Crippen LogP contribution in [0.5, 0.6) is 0 Å². The van der Waals surface area contributed by atoms with Gasteiger partial charge < -0.3 is 0 Å². The van der Waals surface area contributed by atoms with E-state index in [1.54, 1.807) is 30.4 Å². The molecule has 1 aromatic rings. The molecule has 0 radical (unpaired) electrons. The molecule has 0 aliphatic heterocycles. The summed E-state index contributed by atoms with van der Waals surface area (Å²) in [6, 6.07) is 7.03. The maximum atomic E-state index is 10.4. The highest BCUT2D eigenvalue weighted by Crippen LogP contribution is 2.18. The normalized spacial score (nSPS) is 10.0. The zero-order valence-corrected chi connectivity index (χ0v) is 8.16. The van der Waals surface area contributed by atoms with Gasteiger partial charge in [-0.05, 0) is 11.6 Å². The van der Waals surface area contributed by atoms with Gasteiger partial charge in [-0.15, -0.1) is 0 Å². The van der Waals surface area contributed by atoms with E-state index in [4.69, 9.17) is 16.9 Å². The van der Waals surface area contributed by atoms with Gasteiger partial charge >= 0.3 is 0 Å². The number of allylic oxidation sites excluding steroid dienone is 1. The van der Waals surface area contributed by atoms with Crippen LogP contribution in [0.25, 0.3) is 6.08 Å². The van der Waals surface area contributed by atoms with E-state index >= 15 is 0 Å². The van der Waals surface area contributed by atoms with Crippen LogP contribution in [0.4, 0.5) is 0 Å². The molecule has 0 N–H and O–H groups in total. The molecule has 0 saturated heterocycles. The van der Waals surface area contributed by atoms with Crippen LogP contribution in [0.2, 0.25) is 5.02 Å². The number of hydrogen-bond acceptors (Lipinski definition) is 2. The van der Waals surface area contributed by atoms with Crippen molar-refractivity contribution < 1.29 is 4.79 Å². The van der Waals surface area contributed by atoms with Crippen LogP contribution in [0, 0.1) is 11.3 Å². The van der Waals surface area contributed by atoms with Gasteiger partial charge in [-0.25, -0.2) is 0 Å². The lowest BCUT2D eigenvalue weighted by Gasteiger charge is -1.97. The predicted molar refractivity (Wildman–Crippen MR) is 56.1 cm³/mol. The minimum Gasteiger partial charge on any atom is -0.298 e. The van der Waals surface area contributed by atoms with Crippen LogP contribution in [0.1, 0.15) is 22.3 Å². The Morgan fingerprint density at radius 1 is 1.50 bits per heavy atom. The first-order valence-electron chi connectivity index (χ1n) is 4.06. The number of halogens is 1. The topological polar surface area (TPSA) is 40.9 Å². The first kappa shape index (κ1) is 10.5. The standard InChI is InChI=1S/C11H8ClNO/c12-11-7-9(8-14)4-5-10(11)3-1-2-6-13/h1,3-5,7-8H,2H2. The van der Waals surface area contributed by atoms with Crippen molar-refractivity contribution in [3.05, 3.63) is 40.4 Å². The Morgan fingerprint density at radius 3 is 2.86 bits per heavy atom. The molecular weight excluding hydrogens is 198 g/mol. The molecule has 0 bridgehead atoms. The summed E-state index contributed by atoms with van der Waals surface area (Å²) in [5.74, 6) is 0. The highest BCUT2D eigenvalue weighted by Gasteiger charge is 1.97. The lowest BCUT2D eigenvalue weighted by Crippen LogP contribution is -1.81. The van der Waals surface area contributed by atoms with E-state index in [-0.39, 0.29) is 0 Å². The van der Waals surface area contributed by atoms with Crippen molar-refractivity contribution in [3.63, 3.8) is 0 Å². The number of rotatable bonds is 3. The van der Waals surface area contributed by atoms with Crippen LogP contribution >= 0.6 is 11.6 Å². The summed E-state index contributed by atoms with van der Waals surface area (Å²) < 4.78 is 0. The van der Waals surface area contributed by atoms with E-state index < -0.39 is 0 Å². The van der Waals surface area contributed by atoms with Crippen molar-refractivity contribution in [1.29, 1.82) is 5.26 Å². The largest absolute Gasteiger partial charge is 0.298 e. The molecule has 0 aromatic heterocycles. The Hall–Kier alpha value is -1.59. The van der Waals surface area contributed by atoms with Gasteiger partial charge in [0.15, 0.2) is 0 Å². The van der Waals surface area contributed by atoms with Crippen LogP contribution < -0.4 is 0 Å². The van der Waals surface area contributed by atoms with Gasteiger partial charge in [-0.2, -0.15) is 5.26 Å². The molecule has 0 saturated carbocycles. The third-order valence-corrected chi connectivity index (χ3v) is 1.99. The molecule has 0 fully saturated rings. The average molecular weight is 206 g/mol. The first-order valence-corrected chi connectivity index (χ1v) is 4.44. The molecule has 1 rings (SSSR count). The molecule has 0 amide bonds. The predicted octanol–water partition coefficient (Wildman–Crippen LogP) is 3.08. The molecule has 14 heavy (non-hydrogen) atoms. The van der Waals surface area contributed by atoms with Crippen LogP contribution in [0.15, 0.2) is 24.3 Å². The monoisotopic (exact) mass is 205 g/mol. The molecule has 2 nitrogen and oxygen atoms in total. The van der Waals surface area contributed by atoms with E-state index in [1.165, 1.54) is 0 Å². The number of hydrogen-bond donors (Lipinski definition) is 0. The lowest BCUT2D eigenvalue weighted by atomic mass is 10.1. The summed E-state index contributed by atoms with van der Waals surface area (Å²) in [5, 5.41) is 8.83. The second-order valence-electron chi connectivity index (χ2n) is 2.66. The number of carbonyl (C=O) groups is 1. The van der Waals surface area contributed by atoms with E-state index in [1.807, 2.05) is 6.07 Å². The number of benzene rings is 1. The molecule has 0 spiro atoms. The molecule has 3 heteroatoms. The fourth-order valence-corrected chi connectivity index (χ4v) is 1.24. The molecule has 1 aromatic carbocycles. The molecule has 0 heterocycles. The van der Waals surface area contributed by atoms with Crippen molar-refractivity contribution in [1.82, 2.24) is 0 Å². The second kappa shape index (κ2) is 5.21. The Bertz CT molecular complexity index is 404. The zero-order valence-electron chi connectivity index (χ0n) is 7.40. The molecule has 0 unspecified atom stereocenters. The van der Waals surface area contributed by atoms with Crippen LogP contribution in [0.3, 0.4) is 0 Å². The van der Waals surface area contributed by atoms with E-state index in [9.17, 15) is 4.79 Å². The van der Waals surface area contributed by atoms with Gasteiger partial charge in [-0.1, -0.05) is 35.9 Å². The summed E-state index contributed by atoms with van der Waals surface area (Å²) in [6.45, 7) is 0. The van der Waals surface area contributed by atoms with Crippen molar-refractivity contribution in [2.75, 3.05) is 0 Å². The number of nitriles is 1. The molecule has 70 valence electrons. The maximum Gasteiger partial charge on any atom is 0.150 e. The first-order chi connectivity index (χ1) is 6.77. The van der Waals surface area contributed by atoms with Gasteiger partial charge in [0.25, 0.3) is 0 Å². The SMILES string of the molecule is N#CCC=Cc1ccc(C=O)cc1Cl. The third-order valence-electron chi connectivity index (χ3n) is 1.67. The Morgan fingerprint density at radius 2 is 2.29 bits per heavy atom. The molecule has 0 atom stereocenters. The highest BCUT2D eigenvalue weighted by molar-refractivity contribution is 6.32. The number of aldehydes is 1. The summed E-state index contributed by atoms with van der Waals surface area (Å²) in [6.07, 6.45) is 4.59. The van der Waals surface area contributed by atoms with Crippen molar-refractivity contribution in [2.45, 2.75) is 6.42 Å². The van der Waals surface area contributed by atoms with E-state index in [0.29, 0.717) is 17.0 Å². The Kier molecular flexibility index (Phi) is 3.90. The van der Waals surface area contributed by atoms with Crippen LogP contribution in [-0.2, 0) is 0 Å². The van der Waals surface area contributed by atoms with Gasteiger partial charge in [-0.3, -0.25) is 4.79 Å². The second-order valence-corrected chi connectivity index (χ2v) is 3.07. The number of carbonyl (C=O) groups excluding carboxylic acids is 1. The van der Waals surface area contributed by atoms with Crippen molar-refractivity contribution >= 4 is 24.0 Å². The molecule has 0 aliphatic rings. The fourth-order valence-electron chi connectivity index (χ4n) is 0.990. The number of nitrogens with zero attached hydrogens (tertiary/aromatic N) is 1. The lowest BCUT2D eigenvalue weighted by molar-refractivity contribution is 0.112. The summed E-state index contributed by atoms with van der Waals surface area (Å²) in [5.41, 5.74) is 1.36. The van der Waals surface area contributed by atoms with Gasteiger partial charge in [0, 0.05) is 10.6 Å². The summed E-state index contributed by atoms with van der Waals surface area (Å²) in [7, 11) is 0. The zero-order chi connectivity index (χ0) is 10.4. The van der Waals surface area contributed by atoms with Crippen molar-refractivity contribution in [3.8, 4) is 6.07 Å². The average Bonchev–Trinajstić information content (AvgIpc) is 2.20. The fraction of sp³-hybridized carbons (Fsp3) is 0.0909. The van der Waals surface area contributed by atoms with Gasteiger partial charge in [0.05, 0.1) is 12.5 Å². The quantitative estimate of drug-likeness (QED) is 0.712. The smallest absolute Gasteiger partial charge is 0.150 e. The minimum absolute atomic E-state index is 0.353. The maximum absolute atomic E-state index is 10.4. The van der Waals surface area contributed by atoms with Crippen molar-refractivity contribution in [2.24, 2.45) is 0 Å². The Labute approximate surface area is 87.4 Å². The minimum atomic E-state index is 0.353. The third kappa shape index (κ3) is 2.72. The molecular formula is C11H8ClNO. The van der Waals surface area contributed by atoms with E-state index in [2.05, 4.69) is 0 Å². The highest BCUT2D eigenvalue weighted by atomic mass is 35.5. The summed E-state index contributed by atoms with van der Waals surface area (Å²) in [4.78, 5) is 10.4. The molecule has 0 aliphatic carbocycles. The summed E-state index contributed by atoms with van der Waals surface area (Å²) >= 11 is 5.89. The van der Waals surface area contributed by atoms with Crippen LogP contribution in [-0.4, -0.2) is 6.29 Å². The Balaban J connectivity index is 2.90. The van der Waals surface area contributed by atoms with E-state index in [0.717, 1.165) is 11.8 Å². The van der Waals surface area contributed by atoms with Gasteiger partial charge in [0.1, 0.15) is 6.29 Å².